The van der Waals surface area contributed by atoms with Gasteiger partial charge in [-0.05, 0) is 12.8 Å². The minimum Gasteiger partial charge on any atom is -0.465 e. The van der Waals surface area contributed by atoms with Gasteiger partial charge < -0.3 is 10.0 Å². The molecular weight excluding hydrogens is 158 g/mol. The van der Waals surface area contributed by atoms with Crippen molar-refractivity contribution in [2.24, 2.45) is 5.84 Å². The van der Waals surface area contributed by atoms with E-state index < -0.39 is 6.09 Å². The first-order valence-electron chi connectivity index (χ1n) is 4.06. The first kappa shape index (κ1) is 9.28. The van der Waals surface area contributed by atoms with Crippen molar-refractivity contribution in [1.82, 2.24) is 9.91 Å². The normalized spacial score (nSPS) is 24.3. The highest BCUT2D eigenvalue weighted by molar-refractivity contribution is 5.64. The van der Waals surface area contributed by atoms with Crippen molar-refractivity contribution in [3.05, 3.63) is 0 Å². The molecule has 3 N–H and O–H groups in total. The molecule has 1 amide bonds. The molecule has 70 valence electrons. The van der Waals surface area contributed by atoms with Gasteiger partial charge >= 0.3 is 6.09 Å². The Morgan fingerprint density at radius 1 is 1.83 bits per heavy atom. The third-order valence-electron chi connectivity index (χ3n) is 2.23. The molecule has 0 aromatic heterocycles. The Hall–Kier alpha value is -0.810. The number of carbonyl (C=O) groups is 1. The van der Waals surface area contributed by atoms with Crippen molar-refractivity contribution < 1.29 is 9.90 Å². The highest BCUT2D eigenvalue weighted by Gasteiger charge is 2.23. The Morgan fingerprint density at radius 2 is 2.50 bits per heavy atom. The first-order chi connectivity index (χ1) is 5.61. The summed E-state index contributed by atoms with van der Waals surface area (Å²) < 4.78 is 0. The maximum Gasteiger partial charge on any atom is 0.407 e. The summed E-state index contributed by atoms with van der Waals surface area (Å²) in [4.78, 5) is 11.7. The minimum atomic E-state index is -0.893. The van der Waals surface area contributed by atoms with E-state index >= 15 is 0 Å². The van der Waals surface area contributed by atoms with Crippen molar-refractivity contribution in [1.29, 1.82) is 0 Å². The largest absolute Gasteiger partial charge is 0.465 e. The van der Waals surface area contributed by atoms with Crippen LogP contribution in [0, 0.1) is 0 Å². The predicted octanol–water partition coefficient (Wildman–Crippen LogP) is -0.0657. The Kier molecular flexibility index (Phi) is 2.88. The molecule has 5 nitrogen and oxygen atoms in total. The maximum atomic E-state index is 10.5. The molecule has 0 aromatic rings. The Bertz CT molecular complexity index is 174. The molecule has 0 radical (unpaired) electrons. The van der Waals surface area contributed by atoms with Crippen molar-refractivity contribution in [2.75, 3.05) is 20.1 Å². The summed E-state index contributed by atoms with van der Waals surface area (Å²) in [7, 11) is 1.56. The molecule has 5 heteroatoms. The van der Waals surface area contributed by atoms with E-state index in [9.17, 15) is 4.79 Å². The molecule has 0 bridgehead atoms. The van der Waals surface area contributed by atoms with Gasteiger partial charge in [0.15, 0.2) is 0 Å². The number of likely N-dealkylation sites (N-methyl/N-ethyl adjacent to an activating group) is 1. The number of amides is 1. The quantitative estimate of drug-likeness (QED) is 0.574. The van der Waals surface area contributed by atoms with Gasteiger partial charge in [-0.3, -0.25) is 5.84 Å². The zero-order valence-corrected chi connectivity index (χ0v) is 7.23. The third-order valence-corrected chi connectivity index (χ3v) is 2.23. The van der Waals surface area contributed by atoms with Crippen LogP contribution in [0.1, 0.15) is 12.8 Å². The number of hydrogen-bond donors (Lipinski definition) is 2. The lowest BCUT2D eigenvalue weighted by Gasteiger charge is -2.23. The fraction of sp³-hybridized carbons (Fsp3) is 0.857. The molecule has 0 aliphatic carbocycles. The van der Waals surface area contributed by atoms with Gasteiger partial charge in [-0.1, -0.05) is 0 Å². The van der Waals surface area contributed by atoms with Crippen LogP contribution in [-0.2, 0) is 0 Å². The van der Waals surface area contributed by atoms with E-state index in [0.717, 1.165) is 19.4 Å². The van der Waals surface area contributed by atoms with E-state index in [4.69, 9.17) is 10.9 Å². The van der Waals surface area contributed by atoms with Gasteiger partial charge in [0.2, 0.25) is 0 Å². The standard InChI is InChI=1S/C7H15N3O2/c1-9(7(11)12)5-6-3-2-4-10(6)8/h6H,2-5,8H2,1H3,(H,11,12). The van der Waals surface area contributed by atoms with Gasteiger partial charge in [-0.15, -0.1) is 0 Å². The summed E-state index contributed by atoms with van der Waals surface area (Å²) in [5.41, 5.74) is 0. The molecule has 1 unspecified atom stereocenters. The highest BCUT2D eigenvalue weighted by Crippen LogP contribution is 2.13. The van der Waals surface area contributed by atoms with E-state index in [2.05, 4.69) is 0 Å². The first-order valence-corrected chi connectivity index (χ1v) is 4.06. The van der Waals surface area contributed by atoms with Crippen LogP contribution in [-0.4, -0.2) is 47.3 Å². The van der Waals surface area contributed by atoms with Crippen LogP contribution >= 0.6 is 0 Å². The number of carboxylic acid groups (broad SMARTS) is 1. The predicted molar refractivity (Wildman–Crippen MR) is 44.6 cm³/mol. The Balaban J connectivity index is 2.35. The molecule has 1 heterocycles. The minimum absolute atomic E-state index is 0.200. The summed E-state index contributed by atoms with van der Waals surface area (Å²) in [5, 5.41) is 10.3. The van der Waals surface area contributed by atoms with Crippen LogP contribution in [0.4, 0.5) is 4.79 Å². The zero-order valence-electron chi connectivity index (χ0n) is 7.23. The second-order valence-corrected chi connectivity index (χ2v) is 3.20. The average Bonchev–Trinajstić information content (AvgIpc) is 2.36. The van der Waals surface area contributed by atoms with Crippen molar-refractivity contribution in [2.45, 2.75) is 18.9 Å². The van der Waals surface area contributed by atoms with E-state index in [0.29, 0.717) is 6.54 Å². The van der Waals surface area contributed by atoms with E-state index in [-0.39, 0.29) is 6.04 Å². The molecular formula is C7H15N3O2. The summed E-state index contributed by atoms with van der Waals surface area (Å²) in [6, 6.07) is 0.200. The lowest BCUT2D eigenvalue weighted by molar-refractivity contribution is 0.138. The maximum absolute atomic E-state index is 10.5. The fourth-order valence-electron chi connectivity index (χ4n) is 1.45. The van der Waals surface area contributed by atoms with Gasteiger partial charge in [0.1, 0.15) is 0 Å². The average molecular weight is 173 g/mol. The number of hydrazine groups is 1. The fourth-order valence-corrected chi connectivity index (χ4v) is 1.45. The lowest BCUT2D eigenvalue weighted by Crippen LogP contribution is -2.44. The molecule has 12 heavy (non-hydrogen) atoms. The summed E-state index contributed by atoms with van der Waals surface area (Å²) in [6.45, 7) is 1.38. The topological polar surface area (TPSA) is 69.8 Å². The molecule has 0 saturated carbocycles. The molecule has 1 aliphatic heterocycles. The van der Waals surface area contributed by atoms with Crippen LogP contribution in [0.15, 0.2) is 0 Å². The summed E-state index contributed by atoms with van der Waals surface area (Å²) >= 11 is 0. The highest BCUT2D eigenvalue weighted by atomic mass is 16.4. The van der Waals surface area contributed by atoms with Crippen molar-refractivity contribution in [3.63, 3.8) is 0 Å². The van der Waals surface area contributed by atoms with Crippen LogP contribution in [0.25, 0.3) is 0 Å². The molecule has 1 atom stereocenters. The number of rotatable bonds is 2. The second-order valence-electron chi connectivity index (χ2n) is 3.20. The van der Waals surface area contributed by atoms with Crippen LogP contribution in [0.2, 0.25) is 0 Å². The molecule has 1 rings (SSSR count). The Labute approximate surface area is 71.7 Å². The summed E-state index contributed by atoms with van der Waals surface area (Å²) in [6.07, 6.45) is 1.17. The lowest BCUT2D eigenvalue weighted by atomic mass is 10.2. The monoisotopic (exact) mass is 173 g/mol. The van der Waals surface area contributed by atoms with Crippen LogP contribution in [0.5, 0.6) is 0 Å². The van der Waals surface area contributed by atoms with E-state index in [1.165, 1.54) is 4.90 Å². The van der Waals surface area contributed by atoms with Gasteiger partial charge in [0.25, 0.3) is 0 Å². The van der Waals surface area contributed by atoms with Gasteiger partial charge in [0, 0.05) is 26.2 Å². The molecule has 1 fully saturated rings. The Morgan fingerprint density at radius 3 is 2.92 bits per heavy atom. The van der Waals surface area contributed by atoms with Crippen molar-refractivity contribution in [3.8, 4) is 0 Å². The molecule has 1 aliphatic rings. The van der Waals surface area contributed by atoms with Crippen LogP contribution < -0.4 is 5.84 Å². The zero-order chi connectivity index (χ0) is 9.14. The van der Waals surface area contributed by atoms with Gasteiger partial charge in [-0.2, -0.15) is 0 Å². The van der Waals surface area contributed by atoms with Crippen molar-refractivity contribution >= 4 is 6.09 Å². The van der Waals surface area contributed by atoms with Gasteiger partial charge in [0.05, 0.1) is 0 Å². The summed E-state index contributed by atoms with van der Waals surface area (Å²) in [5.74, 6) is 5.64. The smallest absolute Gasteiger partial charge is 0.407 e. The SMILES string of the molecule is CN(CC1CCCN1N)C(=O)O. The van der Waals surface area contributed by atoms with Gasteiger partial charge in [-0.25, -0.2) is 9.80 Å². The second kappa shape index (κ2) is 3.73. The van der Waals surface area contributed by atoms with E-state index in [1.54, 1.807) is 12.1 Å². The molecule has 1 saturated heterocycles. The van der Waals surface area contributed by atoms with Crippen LogP contribution in [0.3, 0.4) is 0 Å². The van der Waals surface area contributed by atoms with E-state index in [1.807, 2.05) is 0 Å². The number of nitrogens with zero attached hydrogens (tertiary/aromatic N) is 2. The number of nitrogens with two attached hydrogens (primary N) is 1. The molecule has 0 aromatic carbocycles. The number of hydrogen-bond acceptors (Lipinski definition) is 3. The molecule has 0 spiro atoms. The third kappa shape index (κ3) is 2.09.